The lowest BCUT2D eigenvalue weighted by Crippen LogP contribution is -2.45. The van der Waals surface area contributed by atoms with Gasteiger partial charge in [-0.1, -0.05) is 38.1 Å². The van der Waals surface area contributed by atoms with E-state index >= 15 is 0 Å². The predicted molar refractivity (Wildman–Crippen MR) is 112 cm³/mol. The highest BCUT2D eigenvalue weighted by atomic mass is 16.5. The van der Waals surface area contributed by atoms with Gasteiger partial charge in [0.25, 0.3) is 0 Å². The Morgan fingerprint density at radius 3 is 2.64 bits per heavy atom. The van der Waals surface area contributed by atoms with Crippen molar-refractivity contribution in [1.82, 2.24) is 4.90 Å². The van der Waals surface area contributed by atoms with Gasteiger partial charge in [-0.3, -0.25) is 0 Å². The molecule has 0 saturated carbocycles. The number of benzene rings is 2. The Labute approximate surface area is 168 Å². The lowest BCUT2D eigenvalue weighted by molar-refractivity contribution is 0.0472. The van der Waals surface area contributed by atoms with E-state index in [9.17, 15) is 4.79 Å². The Morgan fingerprint density at radius 1 is 1.21 bits per heavy atom. The number of esters is 1. The summed E-state index contributed by atoms with van der Waals surface area (Å²) in [6.45, 7) is 9.61. The quantitative estimate of drug-likeness (QED) is 0.682. The average molecular weight is 382 g/mol. The summed E-state index contributed by atoms with van der Waals surface area (Å²) in [6.07, 6.45) is 1.09. The van der Waals surface area contributed by atoms with E-state index in [0.29, 0.717) is 18.1 Å². The first-order chi connectivity index (χ1) is 13.4. The molecular formula is C24H31NO3. The van der Waals surface area contributed by atoms with Crippen LogP contribution in [0, 0.1) is 5.92 Å². The minimum atomic E-state index is -0.278. The molecule has 1 fully saturated rings. The summed E-state index contributed by atoms with van der Waals surface area (Å²) in [6, 6.07) is 15.6. The summed E-state index contributed by atoms with van der Waals surface area (Å²) in [4.78, 5) is 15.0. The Kier molecular flexibility index (Phi) is 6.40. The molecule has 1 heterocycles. The van der Waals surface area contributed by atoms with E-state index in [1.807, 2.05) is 49.4 Å². The molecule has 4 heteroatoms. The second-order valence-corrected chi connectivity index (χ2v) is 8.06. The smallest absolute Gasteiger partial charge is 0.338 e. The molecule has 0 N–H and O–H groups in total. The fourth-order valence-corrected chi connectivity index (χ4v) is 3.94. The molecule has 2 unspecified atom stereocenters. The standard InChI is InChI=1S/C24H31NO3/c1-5-27-22-11-9-19(10-12-22)17-28-23(26)20-7-6-8-21(15-20)24(3)13-14-25(4)16-18(24)2/h6-12,15,18H,5,13-14,16-17H2,1-4H3. The van der Waals surface area contributed by atoms with Gasteiger partial charge in [-0.25, -0.2) is 4.79 Å². The van der Waals surface area contributed by atoms with Crippen molar-refractivity contribution >= 4 is 5.97 Å². The van der Waals surface area contributed by atoms with Crippen LogP contribution in [-0.2, 0) is 16.8 Å². The van der Waals surface area contributed by atoms with Crippen LogP contribution in [0.15, 0.2) is 48.5 Å². The van der Waals surface area contributed by atoms with Crippen molar-refractivity contribution in [2.45, 2.75) is 39.2 Å². The monoisotopic (exact) mass is 381 g/mol. The van der Waals surface area contributed by atoms with Gasteiger partial charge in [-0.05, 0) is 73.7 Å². The topological polar surface area (TPSA) is 38.8 Å². The molecule has 2 aromatic carbocycles. The van der Waals surface area contributed by atoms with E-state index in [0.717, 1.165) is 30.8 Å². The van der Waals surface area contributed by atoms with Gasteiger partial charge in [-0.2, -0.15) is 0 Å². The van der Waals surface area contributed by atoms with Crippen LogP contribution in [0.1, 0.15) is 48.7 Å². The number of rotatable bonds is 6. The first-order valence-electron chi connectivity index (χ1n) is 10.1. The predicted octanol–water partition coefficient (Wildman–Crippen LogP) is 4.67. The number of piperidine rings is 1. The number of carbonyl (C=O) groups is 1. The largest absolute Gasteiger partial charge is 0.494 e. The van der Waals surface area contributed by atoms with Crippen LogP contribution in [0.5, 0.6) is 5.75 Å². The number of nitrogens with zero attached hydrogens (tertiary/aromatic N) is 1. The number of hydrogen-bond acceptors (Lipinski definition) is 4. The Balaban J connectivity index is 1.67. The van der Waals surface area contributed by atoms with Gasteiger partial charge in [0.15, 0.2) is 0 Å². The third-order valence-electron chi connectivity index (χ3n) is 6.05. The molecule has 0 aliphatic carbocycles. The van der Waals surface area contributed by atoms with Crippen LogP contribution in [0.3, 0.4) is 0 Å². The molecule has 1 aliphatic heterocycles. The van der Waals surface area contributed by atoms with Crippen LogP contribution >= 0.6 is 0 Å². The molecular weight excluding hydrogens is 350 g/mol. The van der Waals surface area contributed by atoms with Gasteiger partial charge in [0.2, 0.25) is 0 Å². The molecule has 0 radical (unpaired) electrons. The van der Waals surface area contributed by atoms with Crippen molar-refractivity contribution in [2.75, 3.05) is 26.7 Å². The minimum Gasteiger partial charge on any atom is -0.494 e. The Bertz CT molecular complexity index is 802. The first kappa shape index (κ1) is 20.4. The molecule has 4 nitrogen and oxygen atoms in total. The number of likely N-dealkylation sites (tertiary alicyclic amines) is 1. The fourth-order valence-electron chi connectivity index (χ4n) is 3.94. The van der Waals surface area contributed by atoms with Crippen molar-refractivity contribution in [3.8, 4) is 5.75 Å². The third-order valence-corrected chi connectivity index (χ3v) is 6.05. The molecule has 28 heavy (non-hydrogen) atoms. The van der Waals surface area contributed by atoms with E-state index in [-0.39, 0.29) is 18.0 Å². The highest BCUT2D eigenvalue weighted by Crippen LogP contribution is 2.39. The zero-order chi connectivity index (χ0) is 20.1. The maximum atomic E-state index is 12.6. The summed E-state index contributed by atoms with van der Waals surface area (Å²) < 4.78 is 11.0. The van der Waals surface area contributed by atoms with Crippen molar-refractivity contribution in [1.29, 1.82) is 0 Å². The van der Waals surface area contributed by atoms with Gasteiger partial charge in [0.1, 0.15) is 12.4 Å². The van der Waals surface area contributed by atoms with Gasteiger partial charge in [-0.15, -0.1) is 0 Å². The minimum absolute atomic E-state index is 0.0813. The van der Waals surface area contributed by atoms with Crippen molar-refractivity contribution < 1.29 is 14.3 Å². The maximum Gasteiger partial charge on any atom is 0.338 e. The second-order valence-electron chi connectivity index (χ2n) is 8.06. The number of hydrogen-bond donors (Lipinski definition) is 0. The van der Waals surface area contributed by atoms with Crippen LogP contribution in [-0.4, -0.2) is 37.6 Å². The van der Waals surface area contributed by atoms with Gasteiger partial charge < -0.3 is 14.4 Å². The Morgan fingerprint density at radius 2 is 1.96 bits per heavy atom. The molecule has 0 amide bonds. The van der Waals surface area contributed by atoms with Crippen molar-refractivity contribution in [2.24, 2.45) is 5.92 Å². The van der Waals surface area contributed by atoms with Gasteiger partial charge in [0.05, 0.1) is 12.2 Å². The van der Waals surface area contributed by atoms with Crippen molar-refractivity contribution in [3.63, 3.8) is 0 Å². The summed E-state index contributed by atoms with van der Waals surface area (Å²) in [7, 11) is 2.17. The summed E-state index contributed by atoms with van der Waals surface area (Å²) >= 11 is 0. The van der Waals surface area contributed by atoms with Crippen LogP contribution < -0.4 is 4.74 Å². The molecule has 2 atom stereocenters. The van der Waals surface area contributed by atoms with Gasteiger partial charge >= 0.3 is 5.97 Å². The second kappa shape index (κ2) is 8.78. The average Bonchev–Trinajstić information content (AvgIpc) is 2.70. The van der Waals surface area contributed by atoms with E-state index in [4.69, 9.17) is 9.47 Å². The van der Waals surface area contributed by atoms with E-state index in [1.54, 1.807) is 0 Å². The van der Waals surface area contributed by atoms with Crippen LogP contribution in [0.25, 0.3) is 0 Å². The summed E-state index contributed by atoms with van der Waals surface area (Å²) in [5.41, 5.74) is 2.88. The molecule has 0 spiro atoms. The highest BCUT2D eigenvalue weighted by Gasteiger charge is 2.37. The SMILES string of the molecule is CCOc1ccc(COC(=O)c2cccc(C3(C)CCN(C)CC3C)c2)cc1. The van der Waals surface area contributed by atoms with E-state index in [1.165, 1.54) is 5.56 Å². The van der Waals surface area contributed by atoms with Gasteiger partial charge in [0, 0.05) is 6.54 Å². The molecule has 1 saturated heterocycles. The normalized spacial score (nSPS) is 22.6. The zero-order valence-electron chi connectivity index (χ0n) is 17.4. The first-order valence-corrected chi connectivity index (χ1v) is 10.1. The lowest BCUT2D eigenvalue weighted by Gasteiger charge is -2.44. The molecule has 2 aromatic rings. The zero-order valence-corrected chi connectivity index (χ0v) is 17.4. The van der Waals surface area contributed by atoms with E-state index in [2.05, 4.69) is 31.9 Å². The molecule has 0 aromatic heterocycles. The van der Waals surface area contributed by atoms with Crippen molar-refractivity contribution in [3.05, 3.63) is 65.2 Å². The molecule has 150 valence electrons. The summed E-state index contributed by atoms with van der Waals surface area (Å²) in [5, 5.41) is 0. The number of ether oxygens (including phenoxy) is 2. The molecule has 3 rings (SSSR count). The molecule has 1 aliphatic rings. The van der Waals surface area contributed by atoms with Crippen LogP contribution in [0.4, 0.5) is 0 Å². The van der Waals surface area contributed by atoms with E-state index < -0.39 is 0 Å². The summed E-state index contributed by atoms with van der Waals surface area (Å²) in [5.74, 6) is 1.08. The number of carbonyl (C=O) groups excluding carboxylic acids is 1. The van der Waals surface area contributed by atoms with Crippen LogP contribution in [0.2, 0.25) is 0 Å². The lowest BCUT2D eigenvalue weighted by atomic mass is 9.68. The molecule has 0 bridgehead atoms. The third kappa shape index (κ3) is 4.56. The fraction of sp³-hybridized carbons (Fsp3) is 0.458. The maximum absolute atomic E-state index is 12.6. The highest BCUT2D eigenvalue weighted by molar-refractivity contribution is 5.89. The Hall–Kier alpha value is -2.33.